The van der Waals surface area contributed by atoms with E-state index in [2.05, 4.69) is 27.8 Å². The second-order valence-electron chi connectivity index (χ2n) is 3.34. The number of nitrogens with one attached hydrogen (secondary N) is 1. The van der Waals surface area contributed by atoms with Gasteiger partial charge in [-0.05, 0) is 23.9 Å². The Balaban J connectivity index is 1.85. The van der Waals surface area contributed by atoms with E-state index in [0.29, 0.717) is 5.88 Å². The topological polar surface area (TPSA) is 34.1 Å². The third kappa shape index (κ3) is 2.97. The van der Waals surface area contributed by atoms with Crippen LogP contribution in [0.1, 0.15) is 4.88 Å². The Morgan fingerprint density at radius 2 is 2.38 bits per heavy atom. The summed E-state index contributed by atoms with van der Waals surface area (Å²) in [7, 11) is 1.62. The molecule has 0 aliphatic rings. The van der Waals surface area contributed by atoms with Crippen LogP contribution < -0.4 is 10.1 Å². The molecule has 1 N–H and O–H groups in total. The van der Waals surface area contributed by atoms with Crippen LogP contribution in [0.5, 0.6) is 5.88 Å². The number of hydrogen-bond donors (Lipinski definition) is 1. The number of hydrogen-bond acceptors (Lipinski definition) is 4. The Labute approximate surface area is 99.1 Å². The molecule has 0 saturated carbocycles. The van der Waals surface area contributed by atoms with Gasteiger partial charge in [0.15, 0.2) is 0 Å². The van der Waals surface area contributed by atoms with Gasteiger partial charge in [0.1, 0.15) is 0 Å². The first kappa shape index (κ1) is 11.0. The lowest BCUT2D eigenvalue weighted by molar-refractivity contribution is 0.398. The molecule has 0 atom stereocenters. The first-order valence-corrected chi connectivity index (χ1v) is 6.03. The molecule has 0 spiro atoms. The predicted molar refractivity (Wildman–Crippen MR) is 67.3 cm³/mol. The third-order valence-electron chi connectivity index (χ3n) is 2.22. The molecule has 0 fully saturated rings. The van der Waals surface area contributed by atoms with E-state index in [1.807, 2.05) is 12.1 Å². The lowest BCUT2D eigenvalue weighted by atomic mass is 10.3. The van der Waals surface area contributed by atoms with Crippen LogP contribution in [0.4, 0.5) is 5.69 Å². The van der Waals surface area contributed by atoms with Crippen LogP contribution in [0.2, 0.25) is 0 Å². The van der Waals surface area contributed by atoms with E-state index in [-0.39, 0.29) is 0 Å². The van der Waals surface area contributed by atoms with Crippen molar-refractivity contribution in [3.8, 4) is 5.88 Å². The summed E-state index contributed by atoms with van der Waals surface area (Å²) in [5.74, 6) is 0.640. The minimum Gasteiger partial charge on any atom is -0.481 e. The average molecular weight is 234 g/mol. The van der Waals surface area contributed by atoms with Crippen molar-refractivity contribution in [3.63, 3.8) is 0 Å². The van der Waals surface area contributed by atoms with Crippen molar-refractivity contribution in [2.75, 3.05) is 19.0 Å². The maximum absolute atomic E-state index is 5.06. The number of pyridine rings is 1. The molecule has 0 aliphatic heterocycles. The van der Waals surface area contributed by atoms with Gasteiger partial charge in [0.2, 0.25) is 5.88 Å². The molecular formula is C12H14N2OS. The van der Waals surface area contributed by atoms with Crippen molar-refractivity contribution in [2.24, 2.45) is 0 Å². The summed E-state index contributed by atoms with van der Waals surface area (Å²) in [6.45, 7) is 0.924. The summed E-state index contributed by atoms with van der Waals surface area (Å²) in [6, 6.07) is 8.07. The van der Waals surface area contributed by atoms with Gasteiger partial charge < -0.3 is 10.1 Å². The van der Waals surface area contributed by atoms with Gasteiger partial charge in [-0.2, -0.15) is 0 Å². The molecular weight excluding hydrogens is 220 g/mol. The molecule has 2 aromatic rings. The maximum atomic E-state index is 5.06. The van der Waals surface area contributed by atoms with Gasteiger partial charge in [0.05, 0.1) is 7.11 Å². The summed E-state index contributed by atoms with van der Waals surface area (Å²) in [5.41, 5.74) is 1.04. The fourth-order valence-corrected chi connectivity index (χ4v) is 2.12. The van der Waals surface area contributed by atoms with Crippen LogP contribution in [0, 0.1) is 0 Å². The molecule has 0 radical (unpaired) electrons. The number of ether oxygens (including phenoxy) is 1. The molecule has 16 heavy (non-hydrogen) atoms. The van der Waals surface area contributed by atoms with Crippen LogP contribution in [-0.2, 0) is 6.42 Å². The zero-order valence-corrected chi connectivity index (χ0v) is 9.96. The second kappa shape index (κ2) is 5.51. The molecule has 2 rings (SSSR count). The molecule has 2 heterocycles. The molecule has 0 unspecified atom stereocenters. The lowest BCUT2D eigenvalue weighted by Crippen LogP contribution is -2.04. The summed E-state index contributed by atoms with van der Waals surface area (Å²) in [5, 5.41) is 5.45. The van der Waals surface area contributed by atoms with Crippen molar-refractivity contribution in [1.82, 2.24) is 4.98 Å². The molecule has 0 aliphatic carbocycles. The van der Waals surface area contributed by atoms with Crippen molar-refractivity contribution in [1.29, 1.82) is 0 Å². The van der Waals surface area contributed by atoms with Crippen LogP contribution in [-0.4, -0.2) is 18.6 Å². The van der Waals surface area contributed by atoms with E-state index in [1.54, 1.807) is 24.6 Å². The monoisotopic (exact) mass is 234 g/mol. The van der Waals surface area contributed by atoms with Gasteiger partial charge in [-0.1, -0.05) is 6.07 Å². The third-order valence-corrected chi connectivity index (χ3v) is 3.16. The van der Waals surface area contributed by atoms with Crippen molar-refractivity contribution in [3.05, 3.63) is 40.7 Å². The predicted octanol–water partition coefficient (Wildman–Crippen LogP) is 2.81. The minimum absolute atomic E-state index is 0.640. The number of thiophene rings is 1. The maximum Gasteiger partial charge on any atom is 0.214 e. The van der Waals surface area contributed by atoms with Gasteiger partial charge in [-0.25, -0.2) is 4.98 Å². The quantitative estimate of drug-likeness (QED) is 0.863. The van der Waals surface area contributed by atoms with Crippen LogP contribution in [0.15, 0.2) is 35.8 Å². The highest BCUT2D eigenvalue weighted by molar-refractivity contribution is 7.09. The van der Waals surface area contributed by atoms with Crippen LogP contribution in [0.3, 0.4) is 0 Å². The highest BCUT2D eigenvalue weighted by Crippen LogP contribution is 2.14. The number of rotatable bonds is 5. The SMILES string of the molecule is COc1cc(NCCc2cccs2)ccn1. The Hall–Kier alpha value is -1.55. The minimum atomic E-state index is 0.640. The number of methoxy groups -OCH3 is 1. The lowest BCUT2D eigenvalue weighted by Gasteiger charge is -2.06. The van der Waals surface area contributed by atoms with E-state index in [9.17, 15) is 0 Å². The van der Waals surface area contributed by atoms with E-state index in [0.717, 1.165) is 18.7 Å². The van der Waals surface area contributed by atoms with E-state index in [1.165, 1.54) is 4.88 Å². The van der Waals surface area contributed by atoms with Crippen molar-refractivity contribution < 1.29 is 4.74 Å². The van der Waals surface area contributed by atoms with Crippen LogP contribution in [0.25, 0.3) is 0 Å². The fraction of sp³-hybridized carbons (Fsp3) is 0.250. The Morgan fingerprint density at radius 3 is 3.12 bits per heavy atom. The zero-order chi connectivity index (χ0) is 11.2. The van der Waals surface area contributed by atoms with Gasteiger partial charge in [0, 0.05) is 29.4 Å². The number of anilines is 1. The zero-order valence-electron chi connectivity index (χ0n) is 9.14. The smallest absolute Gasteiger partial charge is 0.214 e. The Kier molecular flexibility index (Phi) is 3.77. The first-order chi connectivity index (χ1) is 7.88. The largest absolute Gasteiger partial charge is 0.481 e. The van der Waals surface area contributed by atoms with Crippen LogP contribution >= 0.6 is 11.3 Å². The van der Waals surface area contributed by atoms with Gasteiger partial charge in [0.25, 0.3) is 0 Å². The normalized spacial score (nSPS) is 10.1. The molecule has 0 aromatic carbocycles. The standard InChI is InChI=1S/C12H14N2OS/c1-15-12-9-10(4-6-14-12)13-7-5-11-3-2-8-16-11/h2-4,6,8-9H,5,7H2,1H3,(H,13,14). The number of nitrogens with zero attached hydrogens (tertiary/aromatic N) is 1. The summed E-state index contributed by atoms with van der Waals surface area (Å²) in [4.78, 5) is 5.45. The molecule has 0 saturated heterocycles. The Bertz CT molecular complexity index is 428. The second-order valence-corrected chi connectivity index (χ2v) is 4.38. The molecule has 4 heteroatoms. The first-order valence-electron chi connectivity index (χ1n) is 5.15. The summed E-state index contributed by atoms with van der Waals surface area (Å²) in [6.07, 6.45) is 2.79. The molecule has 0 amide bonds. The average Bonchev–Trinajstić information content (AvgIpc) is 2.82. The highest BCUT2D eigenvalue weighted by atomic mass is 32.1. The van der Waals surface area contributed by atoms with E-state index in [4.69, 9.17) is 4.74 Å². The van der Waals surface area contributed by atoms with Crippen molar-refractivity contribution in [2.45, 2.75) is 6.42 Å². The summed E-state index contributed by atoms with van der Waals surface area (Å²) >= 11 is 1.79. The summed E-state index contributed by atoms with van der Waals surface area (Å²) < 4.78 is 5.06. The van der Waals surface area contributed by atoms with Gasteiger partial charge >= 0.3 is 0 Å². The van der Waals surface area contributed by atoms with E-state index < -0.39 is 0 Å². The highest BCUT2D eigenvalue weighted by Gasteiger charge is 1.97. The fourth-order valence-electron chi connectivity index (χ4n) is 1.42. The van der Waals surface area contributed by atoms with Gasteiger partial charge in [-0.15, -0.1) is 11.3 Å². The van der Waals surface area contributed by atoms with Gasteiger partial charge in [-0.3, -0.25) is 0 Å². The van der Waals surface area contributed by atoms with E-state index >= 15 is 0 Å². The molecule has 0 bridgehead atoms. The molecule has 84 valence electrons. The Morgan fingerprint density at radius 1 is 1.44 bits per heavy atom. The molecule has 3 nitrogen and oxygen atoms in total. The molecule has 2 aromatic heterocycles. The number of aromatic nitrogens is 1. The van der Waals surface area contributed by atoms with Crippen molar-refractivity contribution >= 4 is 17.0 Å².